The van der Waals surface area contributed by atoms with E-state index in [0.29, 0.717) is 12.5 Å². The zero-order valence-corrected chi connectivity index (χ0v) is 5.38. The van der Waals surface area contributed by atoms with E-state index in [2.05, 4.69) is 4.99 Å². The highest BCUT2D eigenvalue weighted by Crippen LogP contribution is 2.37. The standard InChI is InChI=1S/C7H11NO/c9-7-3-1-2-6(7)4-8-5-7/h4,6,9H,1-3,5H2. The summed E-state index contributed by atoms with van der Waals surface area (Å²) in [5, 5.41) is 9.71. The smallest absolute Gasteiger partial charge is 0.0918 e. The van der Waals surface area contributed by atoms with E-state index in [1.807, 2.05) is 6.21 Å². The summed E-state index contributed by atoms with van der Waals surface area (Å²) in [5.41, 5.74) is -0.417. The van der Waals surface area contributed by atoms with Crippen molar-refractivity contribution >= 4 is 6.21 Å². The minimum Gasteiger partial charge on any atom is -0.387 e. The van der Waals surface area contributed by atoms with Crippen LogP contribution in [0.5, 0.6) is 0 Å². The predicted octanol–water partition coefficient (Wildman–Crippen LogP) is 0.602. The molecule has 1 heterocycles. The van der Waals surface area contributed by atoms with Gasteiger partial charge in [0.1, 0.15) is 0 Å². The van der Waals surface area contributed by atoms with E-state index >= 15 is 0 Å². The van der Waals surface area contributed by atoms with Crippen LogP contribution in [-0.2, 0) is 0 Å². The number of aliphatic hydroxyl groups is 1. The summed E-state index contributed by atoms with van der Waals surface area (Å²) in [6.07, 6.45) is 5.19. The molecule has 1 saturated carbocycles. The van der Waals surface area contributed by atoms with Crippen LogP contribution in [0.25, 0.3) is 0 Å². The number of fused-ring (bicyclic) bond motifs is 1. The molecule has 2 rings (SSSR count). The zero-order valence-electron chi connectivity index (χ0n) is 5.38. The molecule has 50 valence electrons. The average Bonchev–Trinajstić information content (AvgIpc) is 2.22. The van der Waals surface area contributed by atoms with Crippen molar-refractivity contribution in [2.75, 3.05) is 6.54 Å². The molecule has 2 atom stereocenters. The van der Waals surface area contributed by atoms with Crippen LogP contribution < -0.4 is 0 Å². The highest BCUT2D eigenvalue weighted by atomic mass is 16.3. The van der Waals surface area contributed by atoms with Gasteiger partial charge in [-0.15, -0.1) is 0 Å². The third-order valence-corrected chi connectivity index (χ3v) is 2.47. The second-order valence-corrected chi connectivity index (χ2v) is 3.09. The number of aliphatic imine (C=N–C) groups is 1. The van der Waals surface area contributed by atoms with Crippen molar-refractivity contribution in [3.8, 4) is 0 Å². The van der Waals surface area contributed by atoms with Crippen molar-refractivity contribution in [2.45, 2.75) is 24.9 Å². The first kappa shape index (κ1) is 5.42. The van der Waals surface area contributed by atoms with Crippen LogP contribution in [0.1, 0.15) is 19.3 Å². The molecule has 1 aliphatic carbocycles. The Morgan fingerprint density at radius 3 is 3.33 bits per heavy atom. The van der Waals surface area contributed by atoms with E-state index in [-0.39, 0.29) is 0 Å². The maximum atomic E-state index is 9.71. The molecule has 0 aromatic carbocycles. The summed E-state index contributed by atoms with van der Waals surface area (Å²) in [7, 11) is 0. The van der Waals surface area contributed by atoms with Crippen LogP contribution in [0.15, 0.2) is 4.99 Å². The normalized spacial score (nSPS) is 47.9. The highest BCUT2D eigenvalue weighted by molar-refractivity contribution is 5.66. The van der Waals surface area contributed by atoms with Crippen LogP contribution in [0.2, 0.25) is 0 Å². The Kier molecular flexibility index (Phi) is 0.943. The summed E-state index contributed by atoms with van der Waals surface area (Å²) in [6, 6.07) is 0. The summed E-state index contributed by atoms with van der Waals surface area (Å²) < 4.78 is 0. The van der Waals surface area contributed by atoms with Gasteiger partial charge in [-0.1, -0.05) is 0 Å². The second kappa shape index (κ2) is 1.57. The van der Waals surface area contributed by atoms with E-state index in [4.69, 9.17) is 0 Å². The lowest BCUT2D eigenvalue weighted by Gasteiger charge is -2.19. The third-order valence-electron chi connectivity index (χ3n) is 2.47. The van der Waals surface area contributed by atoms with Crippen molar-refractivity contribution in [1.82, 2.24) is 0 Å². The molecular formula is C7H11NO. The van der Waals surface area contributed by atoms with Crippen LogP contribution in [0.4, 0.5) is 0 Å². The second-order valence-electron chi connectivity index (χ2n) is 3.09. The Hall–Kier alpha value is -0.370. The highest BCUT2D eigenvalue weighted by Gasteiger charge is 2.42. The molecule has 0 radical (unpaired) electrons. The SMILES string of the molecule is OC12CCCC1C=NC2. The van der Waals surface area contributed by atoms with E-state index in [9.17, 15) is 5.11 Å². The van der Waals surface area contributed by atoms with Gasteiger partial charge in [0.15, 0.2) is 0 Å². The Labute approximate surface area is 54.6 Å². The quantitative estimate of drug-likeness (QED) is 0.505. The Bertz CT molecular complexity index is 155. The van der Waals surface area contributed by atoms with Gasteiger partial charge in [-0.2, -0.15) is 0 Å². The number of nitrogens with zero attached hydrogens (tertiary/aromatic N) is 1. The summed E-state index contributed by atoms with van der Waals surface area (Å²) >= 11 is 0. The lowest BCUT2D eigenvalue weighted by Crippen LogP contribution is -2.32. The Morgan fingerprint density at radius 1 is 1.67 bits per heavy atom. The molecule has 2 aliphatic rings. The monoisotopic (exact) mass is 125 g/mol. The molecule has 0 amide bonds. The van der Waals surface area contributed by atoms with Crippen LogP contribution >= 0.6 is 0 Å². The van der Waals surface area contributed by atoms with Crippen molar-refractivity contribution in [2.24, 2.45) is 10.9 Å². The number of hydrogen-bond donors (Lipinski definition) is 1. The first-order valence-corrected chi connectivity index (χ1v) is 3.54. The summed E-state index contributed by atoms with van der Waals surface area (Å²) in [6.45, 7) is 0.650. The molecule has 2 heteroatoms. The number of rotatable bonds is 0. The third kappa shape index (κ3) is 0.628. The van der Waals surface area contributed by atoms with Gasteiger partial charge in [0.2, 0.25) is 0 Å². The molecule has 1 N–H and O–H groups in total. The molecule has 1 aliphatic heterocycles. The predicted molar refractivity (Wildman–Crippen MR) is 35.6 cm³/mol. The molecule has 2 nitrogen and oxygen atoms in total. The van der Waals surface area contributed by atoms with Crippen molar-refractivity contribution in [3.63, 3.8) is 0 Å². The molecule has 0 aromatic rings. The largest absolute Gasteiger partial charge is 0.387 e. The van der Waals surface area contributed by atoms with Gasteiger partial charge in [0.25, 0.3) is 0 Å². The molecule has 0 bridgehead atoms. The molecule has 0 spiro atoms. The first-order chi connectivity index (χ1) is 4.31. The maximum Gasteiger partial charge on any atom is 0.0918 e. The van der Waals surface area contributed by atoms with E-state index in [0.717, 1.165) is 12.8 Å². The zero-order chi connectivity index (χ0) is 6.32. The van der Waals surface area contributed by atoms with Crippen molar-refractivity contribution < 1.29 is 5.11 Å². The minimum absolute atomic E-state index is 0.387. The van der Waals surface area contributed by atoms with Crippen LogP contribution in [0, 0.1) is 5.92 Å². The van der Waals surface area contributed by atoms with E-state index < -0.39 is 5.60 Å². The Balaban J connectivity index is 2.24. The summed E-state index contributed by atoms with van der Waals surface area (Å²) in [4.78, 5) is 4.06. The van der Waals surface area contributed by atoms with Gasteiger partial charge in [-0.3, -0.25) is 4.99 Å². The fraction of sp³-hybridized carbons (Fsp3) is 0.857. The first-order valence-electron chi connectivity index (χ1n) is 3.54. The van der Waals surface area contributed by atoms with Crippen molar-refractivity contribution in [1.29, 1.82) is 0 Å². The summed E-state index contributed by atoms with van der Waals surface area (Å²) in [5.74, 6) is 0.387. The van der Waals surface area contributed by atoms with Gasteiger partial charge in [0.05, 0.1) is 12.1 Å². The van der Waals surface area contributed by atoms with Gasteiger partial charge < -0.3 is 5.11 Å². The van der Waals surface area contributed by atoms with Gasteiger partial charge >= 0.3 is 0 Å². The Morgan fingerprint density at radius 2 is 2.56 bits per heavy atom. The van der Waals surface area contributed by atoms with Crippen LogP contribution in [0.3, 0.4) is 0 Å². The molecular weight excluding hydrogens is 114 g/mol. The number of hydrogen-bond acceptors (Lipinski definition) is 2. The minimum atomic E-state index is -0.417. The van der Waals surface area contributed by atoms with Crippen molar-refractivity contribution in [3.05, 3.63) is 0 Å². The molecule has 0 saturated heterocycles. The van der Waals surface area contributed by atoms with Gasteiger partial charge in [0, 0.05) is 12.1 Å². The molecule has 1 fully saturated rings. The lowest BCUT2D eigenvalue weighted by molar-refractivity contribution is 0.0456. The van der Waals surface area contributed by atoms with Crippen LogP contribution in [-0.4, -0.2) is 23.5 Å². The molecule has 9 heavy (non-hydrogen) atoms. The van der Waals surface area contributed by atoms with Gasteiger partial charge in [-0.05, 0) is 19.3 Å². The fourth-order valence-corrected chi connectivity index (χ4v) is 1.83. The topological polar surface area (TPSA) is 32.6 Å². The lowest BCUT2D eigenvalue weighted by atomic mass is 9.95. The molecule has 0 aromatic heterocycles. The molecule has 2 unspecified atom stereocenters. The average molecular weight is 125 g/mol. The van der Waals surface area contributed by atoms with E-state index in [1.54, 1.807) is 0 Å². The fourth-order valence-electron chi connectivity index (χ4n) is 1.83. The van der Waals surface area contributed by atoms with Gasteiger partial charge in [-0.25, -0.2) is 0 Å². The van der Waals surface area contributed by atoms with E-state index in [1.165, 1.54) is 6.42 Å². The maximum absolute atomic E-state index is 9.71.